The van der Waals surface area contributed by atoms with Crippen molar-refractivity contribution in [1.82, 2.24) is 5.16 Å². The summed E-state index contributed by atoms with van der Waals surface area (Å²) in [6, 6.07) is 1.62. The molecule has 0 unspecified atom stereocenters. The highest BCUT2D eigenvalue weighted by Gasteiger charge is 2.06. The molecular formula is C6H7NO3S. The lowest BCUT2D eigenvalue weighted by molar-refractivity contribution is -0.136. The summed E-state index contributed by atoms with van der Waals surface area (Å²) in [6.07, 6.45) is 1.76. The first kappa shape index (κ1) is 8.13. The van der Waals surface area contributed by atoms with Crippen molar-refractivity contribution < 1.29 is 14.4 Å². The molecule has 0 aromatic carbocycles. The molecule has 0 spiro atoms. The number of thioether (sulfide) groups is 1. The average molecular weight is 173 g/mol. The van der Waals surface area contributed by atoms with Crippen molar-refractivity contribution >= 4 is 17.7 Å². The van der Waals surface area contributed by atoms with Gasteiger partial charge in [0.1, 0.15) is 0 Å². The highest BCUT2D eigenvalue weighted by Crippen LogP contribution is 2.15. The van der Waals surface area contributed by atoms with Crippen molar-refractivity contribution in [2.24, 2.45) is 0 Å². The Morgan fingerprint density at radius 1 is 1.91 bits per heavy atom. The van der Waals surface area contributed by atoms with Crippen LogP contribution in [-0.2, 0) is 11.2 Å². The zero-order valence-electron chi connectivity index (χ0n) is 5.90. The van der Waals surface area contributed by atoms with Crippen LogP contribution in [0.25, 0.3) is 0 Å². The molecule has 0 bridgehead atoms. The van der Waals surface area contributed by atoms with E-state index >= 15 is 0 Å². The second kappa shape index (κ2) is 3.43. The highest BCUT2D eigenvalue weighted by molar-refractivity contribution is 7.98. The Morgan fingerprint density at radius 2 is 2.64 bits per heavy atom. The maximum absolute atomic E-state index is 10.2. The third kappa shape index (κ3) is 2.27. The third-order valence-electron chi connectivity index (χ3n) is 1.07. The van der Waals surface area contributed by atoms with E-state index in [0.29, 0.717) is 10.8 Å². The molecule has 0 aliphatic rings. The van der Waals surface area contributed by atoms with Gasteiger partial charge < -0.3 is 9.63 Å². The van der Waals surface area contributed by atoms with Crippen LogP contribution in [0.2, 0.25) is 0 Å². The lowest BCUT2D eigenvalue weighted by Gasteiger charge is -1.82. The van der Waals surface area contributed by atoms with Gasteiger partial charge in [-0.25, -0.2) is 0 Å². The molecule has 1 N–H and O–H groups in total. The quantitative estimate of drug-likeness (QED) is 0.691. The fourth-order valence-corrected chi connectivity index (χ4v) is 0.992. The normalized spacial score (nSPS) is 9.91. The smallest absolute Gasteiger partial charge is 0.309 e. The lowest BCUT2D eigenvalue weighted by Crippen LogP contribution is -1.99. The van der Waals surface area contributed by atoms with Gasteiger partial charge in [-0.05, 0) is 6.26 Å². The van der Waals surface area contributed by atoms with E-state index in [1.165, 1.54) is 11.8 Å². The summed E-state index contributed by atoms with van der Waals surface area (Å²) in [7, 11) is 0. The Hall–Kier alpha value is -0.970. The second-order valence-electron chi connectivity index (χ2n) is 1.91. The predicted molar refractivity (Wildman–Crippen MR) is 39.6 cm³/mol. The fraction of sp³-hybridized carbons (Fsp3) is 0.333. The van der Waals surface area contributed by atoms with Crippen LogP contribution < -0.4 is 0 Å². The van der Waals surface area contributed by atoms with Crippen LogP contribution in [0.4, 0.5) is 0 Å². The van der Waals surface area contributed by atoms with Crippen molar-refractivity contribution in [1.29, 1.82) is 0 Å². The summed E-state index contributed by atoms with van der Waals surface area (Å²) in [5.41, 5.74) is 0.460. The monoisotopic (exact) mass is 173 g/mol. The van der Waals surface area contributed by atoms with E-state index in [2.05, 4.69) is 5.16 Å². The molecule has 1 aromatic rings. The number of aliphatic carboxylic acids is 1. The molecule has 1 rings (SSSR count). The standard InChI is InChI=1S/C6H7NO3S/c1-11-6-3-4(7-10-6)2-5(8)9/h3H,2H2,1H3,(H,8,9). The van der Waals surface area contributed by atoms with Crippen molar-refractivity contribution in [3.63, 3.8) is 0 Å². The van der Waals surface area contributed by atoms with Gasteiger partial charge in [0, 0.05) is 6.07 Å². The van der Waals surface area contributed by atoms with Gasteiger partial charge in [0.15, 0.2) is 5.09 Å². The van der Waals surface area contributed by atoms with Crippen molar-refractivity contribution in [2.45, 2.75) is 11.5 Å². The van der Waals surface area contributed by atoms with Gasteiger partial charge in [0.25, 0.3) is 0 Å². The zero-order chi connectivity index (χ0) is 8.27. The van der Waals surface area contributed by atoms with Crippen molar-refractivity contribution in [3.8, 4) is 0 Å². The van der Waals surface area contributed by atoms with Gasteiger partial charge in [-0.3, -0.25) is 4.79 Å². The van der Waals surface area contributed by atoms with E-state index < -0.39 is 5.97 Å². The van der Waals surface area contributed by atoms with Crippen LogP contribution in [0.1, 0.15) is 5.69 Å². The molecule has 1 aromatic heterocycles. The summed E-state index contributed by atoms with van der Waals surface area (Å²) in [5, 5.41) is 12.6. The number of aromatic nitrogens is 1. The van der Waals surface area contributed by atoms with Gasteiger partial charge in [0.05, 0.1) is 12.1 Å². The molecule has 0 radical (unpaired) electrons. The lowest BCUT2D eigenvalue weighted by atomic mass is 10.3. The van der Waals surface area contributed by atoms with Crippen LogP contribution in [0, 0.1) is 0 Å². The summed E-state index contributed by atoms with van der Waals surface area (Å²) >= 11 is 1.39. The van der Waals surface area contributed by atoms with E-state index in [4.69, 9.17) is 9.63 Å². The molecule has 0 atom stereocenters. The minimum absolute atomic E-state index is 0.0793. The van der Waals surface area contributed by atoms with Crippen molar-refractivity contribution in [3.05, 3.63) is 11.8 Å². The third-order valence-corrected chi connectivity index (χ3v) is 1.67. The first-order valence-electron chi connectivity index (χ1n) is 2.93. The van der Waals surface area contributed by atoms with Gasteiger partial charge in [-0.2, -0.15) is 0 Å². The van der Waals surface area contributed by atoms with Crippen molar-refractivity contribution in [2.75, 3.05) is 6.26 Å². The van der Waals surface area contributed by atoms with E-state index in [1.54, 1.807) is 6.07 Å². The van der Waals surface area contributed by atoms with Gasteiger partial charge in [0.2, 0.25) is 0 Å². The fourth-order valence-electron chi connectivity index (χ4n) is 0.627. The molecule has 0 fully saturated rings. The van der Waals surface area contributed by atoms with Gasteiger partial charge in [-0.1, -0.05) is 16.9 Å². The van der Waals surface area contributed by atoms with Crippen LogP contribution in [-0.4, -0.2) is 22.5 Å². The largest absolute Gasteiger partial charge is 0.481 e. The Balaban J connectivity index is 2.65. The van der Waals surface area contributed by atoms with Gasteiger partial charge in [-0.15, -0.1) is 0 Å². The molecular weight excluding hydrogens is 166 g/mol. The number of carboxylic acid groups (broad SMARTS) is 1. The first-order chi connectivity index (χ1) is 5.22. The van der Waals surface area contributed by atoms with Crippen LogP contribution >= 0.6 is 11.8 Å². The summed E-state index contributed by atoms with van der Waals surface area (Å²) in [5.74, 6) is -0.897. The molecule has 60 valence electrons. The number of rotatable bonds is 3. The summed E-state index contributed by atoms with van der Waals surface area (Å²) < 4.78 is 4.76. The topological polar surface area (TPSA) is 63.3 Å². The van der Waals surface area contributed by atoms with Gasteiger partial charge >= 0.3 is 5.97 Å². The highest BCUT2D eigenvalue weighted by atomic mass is 32.2. The predicted octanol–water partition coefficient (Wildman–Crippen LogP) is 1.02. The zero-order valence-corrected chi connectivity index (χ0v) is 6.72. The minimum Gasteiger partial charge on any atom is -0.481 e. The molecule has 4 nitrogen and oxygen atoms in total. The molecule has 1 heterocycles. The Kier molecular flexibility index (Phi) is 2.53. The number of hydrogen-bond donors (Lipinski definition) is 1. The molecule has 5 heteroatoms. The number of carboxylic acids is 1. The second-order valence-corrected chi connectivity index (χ2v) is 2.72. The van der Waals surface area contributed by atoms with Crippen LogP contribution in [0.3, 0.4) is 0 Å². The summed E-state index contributed by atoms with van der Waals surface area (Å²) in [6.45, 7) is 0. The van der Waals surface area contributed by atoms with Crippen LogP contribution in [0.15, 0.2) is 15.7 Å². The molecule has 11 heavy (non-hydrogen) atoms. The molecule has 0 aliphatic heterocycles. The SMILES string of the molecule is CSc1cc(CC(=O)O)no1. The van der Waals surface area contributed by atoms with Crippen LogP contribution in [0.5, 0.6) is 0 Å². The number of nitrogens with zero attached hydrogens (tertiary/aromatic N) is 1. The molecule has 0 saturated heterocycles. The Morgan fingerprint density at radius 3 is 3.09 bits per heavy atom. The maximum Gasteiger partial charge on any atom is 0.309 e. The first-order valence-corrected chi connectivity index (χ1v) is 4.16. The molecule has 0 saturated carbocycles. The Labute approximate surface area is 67.6 Å². The average Bonchev–Trinajstić information content (AvgIpc) is 2.34. The number of carbonyl (C=O) groups is 1. The van der Waals surface area contributed by atoms with E-state index in [-0.39, 0.29) is 6.42 Å². The molecule has 0 amide bonds. The van der Waals surface area contributed by atoms with E-state index in [1.807, 2.05) is 6.26 Å². The molecule has 0 aliphatic carbocycles. The number of hydrogen-bond acceptors (Lipinski definition) is 4. The van der Waals surface area contributed by atoms with E-state index in [0.717, 1.165) is 0 Å². The minimum atomic E-state index is -0.897. The van der Waals surface area contributed by atoms with E-state index in [9.17, 15) is 4.79 Å². The summed E-state index contributed by atoms with van der Waals surface area (Å²) in [4.78, 5) is 10.2. The maximum atomic E-state index is 10.2. The Bertz CT molecular complexity index is 258.